The molecule has 0 aliphatic heterocycles. The highest BCUT2D eigenvalue weighted by atomic mass is 35.5. The first-order valence-corrected chi connectivity index (χ1v) is 7.03. The molecule has 0 fully saturated rings. The summed E-state index contributed by atoms with van der Waals surface area (Å²) >= 11 is 6.01. The van der Waals surface area contributed by atoms with E-state index >= 15 is 0 Å². The number of aliphatic carboxylic acids is 1. The van der Waals surface area contributed by atoms with Crippen molar-refractivity contribution in [3.8, 4) is 0 Å². The Morgan fingerprint density at radius 1 is 1.10 bits per heavy atom. The number of aromatic nitrogens is 1. The van der Waals surface area contributed by atoms with Gasteiger partial charge in [-0.3, -0.25) is 4.79 Å². The van der Waals surface area contributed by atoms with Crippen molar-refractivity contribution in [2.45, 2.75) is 13.0 Å². The topological polar surface area (TPSA) is 42.2 Å². The SMILES string of the molecule is O=C(O)Cc1ccc2ccn(Cc3cccc(Cl)c3)c2c1. The van der Waals surface area contributed by atoms with Crippen LogP contribution < -0.4 is 0 Å². The maximum absolute atomic E-state index is 10.8. The molecule has 0 amide bonds. The van der Waals surface area contributed by atoms with Gasteiger partial charge in [0, 0.05) is 23.3 Å². The zero-order valence-electron chi connectivity index (χ0n) is 11.3. The summed E-state index contributed by atoms with van der Waals surface area (Å²) < 4.78 is 2.10. The summed E-state index contributed by atoms with van der Waals surface area (Å²) in [5.74, 6) is -0.817. The van der Waals surface area contributed by atoms with Crippen molar-refractivity contribution in [1.29, 1.82) is 0 Å². The van der Waals surface area contributed by atoms with Gasteiger partial charge < -0.3 is 9.67 Å². The normalized spacial score (nSPS) is 10.9. The van der Waals surface area contributed by atoms with E-state index in [2.05, 4.69) is 4.57 Å². The van der Waals surface area contributed by atoms with E-state index in [0.29, 0.717) is 6.54 Å². The van der Waals surface area contributed by atoms with Crippen LogP contribution in [0.15, 0.2) is 54.7 Å². The number of hydrogen-bond donors (Lipinski definition) is 1. The number of carboxylic acid groups (broad SMARTS) is 1. The molecule has 4 heteroatoms. The molecule has 0 unspecified atom stereocenters. The number of nitrogens with zero attached hydrogens (tertiary/aromatic N) is 1. The van der Waals surface area contributed by atoms with E-state index in [1.165, 1.54) is 0 Å². The second-order valence-corrected chi connectivity index (χ2v) is 5.47. The lowest BCUT2D eigenvalue weighted by molar-refractivity contribution is -0.136. The molecule has 2 aromatic carbocycles. The molecule has 0 atom stereocenters. The van der Waals surface area contributed by atoms with E-state index < -0.39 is 5.97 Å². The predicted octanol–water partition coefficient (Wildman–Crippen LogP) is 3.97. The van der Waals surface area contributed by atoms with Gasteiger partial charge in [0.15, 0.2) is 0 Å². The van der Waals surface area contributed by atoms with Crippen LogP contribution in [-0.4, -0.2) is 15.6 Å². The molecule has 3 rings (SSSR count). The van der Waals surface area contributed by atoms with Crippen LogP contribution in [0.5, 0.6) is 0 Å². The van der Waals surface area contributed by atoms with Gasteiger partial charge in [0.2, 0.25) is 0 Å². The highest BCUT2D eigenvalue weighted by Gasteiger charge is 2.06. The maximum atomic E-state index is 10.8. The molecular weight excluding hydrogens is 286 g/mol. The summed E-state index contributed by atoms with van der Waals surface area (Å²) in [6.45, 7) is 0.709. The van der Waals surface area contributed by atoms with Crippen LogP contribution in [0.3, 0.4) is 0 Å². The Kier molecular flexibility index (Phi) is 3.67. The number of rotatable bonds is 4. The van der Waals surface area contributed by atoms with Gasteiger partial charge in [-0.25, -0.2) is 0 Å². The number of hydrogen-bond acceptors (Lipinski definition) is 1. The third-order valence-corrected chi connectivity index (χ3v) is 3.67. The second kappa shape index (κ2) is 5.62. The Labute approximate surface area is 127 Å². The quantitative estimate of drug-likeness (QED) is 0.792. The van der Waals surface area contributed by atoms with Gasteiger partial charge in [-0.2, -0.15) is 0 Å². The van der Waals surface area contributed by atoms with E-state index in [1.807, 2.05) is 54.7 Å². The maximum Gasteiger partial charge on any atom is 0.307 e. The van der Waals surface area contributed by atoms with Gasteiger partial charge in [0.05, 0.1) is 6.42 Å². The Morgan fingerprint density at radius 3 is 2.71 bits per heavy atom. The molecule has 21 heavy (non-hydrogen) atoms. The molecule has 1 heterocycles. The lowest BCUT2D eigenvalue weighted by Crippen LogP contribution is -2.01. The van der Waals surface area contributed by atoms with Crippen molar-refractivity contribution in [2.24, 2.45) is 0 Å². The average molecular weight is 300 g/mol. The lowest BCUT2D eigenvalue weighted by Gasteiger charge is -2.07. The summed E-state index contributed by atoms with van der Waals surface area (Å²) in [6.07, 6.45) is 2.05. The first-order valence-electron chi connectivity index (χ1n) is 6.66. The Bertz CT molecular complexity index is 807. The minimum absolute atomic E-state index is 0.0400. The van der Waals surface area contributed by atoms with E-state index in [9.17, 15) is 4.79 Å². The standard InChI is InChI=1S/C17H14ClNO2/c18-15-3-1-2-13(8-15)11-19-7-6-14-5-4-12(9-16(14)19)10-17(20)21/h1-9H,10-11H2,(H,20,21). The average Bonchev–Trinajstić information content (AvgIpc) is 2.81. The largest absolute Gasteiger partial charge is 0.481 e. The van der Waals surface area contributed by atoms with Gasteiger partial charge in [0.25, 0.3) is 0 Å². The molecule has 106 valence electrons. The Balaban J connectivity index is 1.96. The first kappa shape index (κ1) is 13.7. The zero-order valence-corrected chi connectivity index (χ0v) is 12.0. The molecule has 0 bridgehead atoms. The summed E-state index contributed by atoms with van der Waals surface area (Å²) in [7, 11) is 0. The fourth-order valence-corrected chi connectivity index (χ4v) is 2.70. The predicted molar refractivity (Wildman–Crippen MR) is 83.8 cm³/mol. The monoisotopic (exact) mass is 299 g/mol. The molecule has 0 saturated carbocycles. The molecule has 1 aromatic heterocycles. The van der Waals surface area contributed by atoms with Crippen molar-refractivity contribution < 1.29 is 9.90 Å². The van der Waals surface area contributed by atoms with Gasteiger partial charge >= 0.3 is 5.97 Å². The van der Waals surface area contributed by atoms with Crippen LogP contribution in [0.1, 0.15) is 11.1 Å². The van der Waals surface area contributed by atoms with Crippen molar-refractivity contribution >= 4 is 28.5 Å². The summed E-state index contributed by atoms with van der Waals surface area (Å²) in [5, 5.41) is 10.7. The van der Waals surface area contributed by atoms with Crippen LogP contribution in [-0.2, 0) is 17.8 Å². The molecule has 0 radical (unpaired) electrons. The Hall–Kier alpha value is -2.26. The van der Waals surface area contributed by atoms with Crippen molar-refractivity contribution in [3.05, 3.63) is 70.9 Å². The van der Waals surface area contributed by atoms with Crippen LogP contribution in [0.25, 0.3) is 10.9 Å². The number of carboxylic acids is 1. The molecule has 0 spiro atoms. The number of halogens is 1. The van der Waals surface area contributed by atoms with Crippen LogP contribution in [0.4, 0.5) is 0 Å². The van der Waals surface area contributed by atoms with E-state index in [-0.39, 0.29) is 6.42 Å². The van der Waals surface area contributed by atoms with Crippen molar-refractivity contribution in [1.82, 2.24) is 4.57 Å². The summed E-state index contributed by atoms with van der Waals surface area (Å²) in [6, 6.07) is 15.5. The molecular formula is C17H14ClNO2. The minimum Gasteiger partial charge on any atom is -0.481 e. The van der Waals surface area contributed by atoms with E-state index in [4.69, 9.17) is 16.7 Å². The van der Waals surface area contributed by atoms with Crippen molar-refractivity contribution in [3.63, 3.8) is 0 Å². The molecule has 0 saturated heterocycles. The van der Waals surface area contributed by atoms with E-state index in [0.717, 1.165) is 27.1 Å². The third-order valence-electron chi connectivity index (χ3n) is 3.44. The van der Waals surface area contributed by atoms with Gasteiger partial charge in [-0.15, -0.1) is 0 Å². The van der Waals surface area contributed by atoms with Gasteiger partial charge in [0.1, 0.15) is 0 Å². The van der Waals surface area contributed by atoms with Crippen LogP contribution >= 0.6 is 11.6 Å². The third kappa shape index (κ3) is 3.09. The summed E-state index contributed by atoms with van der Waals surface area (Å²) in [4.78, 5) is 10.8. The fourth-order valence-electron chi connectivity index (χ4n) is 2.48. The highest BCUT2D eigenvalue weighted by molar-refractivity contribution is 6.30. The number of benzene rings is 2. The van der Waals surface area contributed by atoms with E-state index in [1.54, 1.807) is 0 Å². The number of fused-ring (bicyclic) bond motifs is 1. The van der Waals surface area contributed by atoms with Crippen LogP contribution in [0, 0.1) is 0 Å². The lowest BCUT2D eigenvalue weighted by atomic mass is 10.1. The molecule has 3 aromatic rings. The molecule has 0 aliphatic rings. The number of carbonyl (C=O) groups is 1. The zero-order chi connectivity index (χ0) is 14.8. The second-order valence-electron chi connectivity index (χ2n) is 5.04. The minimum atomic E-state index is -0.817. The smallest absolute Gasteiger partial charge is 0.307 e. The fraction of sp³-hybridized carbons (Fsp3) is 0.118. The van der Waals surface area contributed by atoms with Gasteiger partial charge in [-0.05, 0) is 40.8 Å². The molecule has 1 N–H and O–H groups in total. The molecule has 0 aliphatic carbocycles. The Morgan fingerprint density at radius 2 is 1.95 bits per heavy atom. The first-order chi connectivity index (χ1) is 10.1. The highest BCUT2D eigenvalue weighted by Crippen LogP contribution is 2.20. The van der Waals surface area contributed by atoms with Crippen LogP contribution in [0.2, 0.25) is 5.02 Å². The van der Waals surface area contributed by atoms with Gasteiger partial charge in [-0.1, -0.05) is 35.9 Å². The van der Waals surface area contributed by atoms with Crippen molar-refractivity contribution in [2.75, 3.05) is 0 Å². The molecule has 3 nitrogen and oxygen atoms in total. The summed E-state index contributed by atoms with van der Waals surface area (Å²) in [5.41, 5.74) is 2.96.